The van der Waals surface area contributed by atoms with Crippen LogP contribution in [-0.4, -0.2) is 48.4 Å². The van der Waals surface area contributed by atoms with Crippen molar-refractivity contribution < 1.29 is 4.79 Å². The average Bonchev–Trinajstić information content (AvgIpc) is 3.08. The molecule has 1 aliphatic rings. The van der Waals surface area contributed by atoms with Crippen LogP contribution < -0.4 is 10.6 Å². The normalized spacial score (nSPS) is 16.5. The maximum atomic E-state index is 12.3. The molecule has 2 aromatic rings. The fraction of sp³-hybridized carbons (Fsp3) is 0.409. The topological polar surface area (TPSA) is 69.6 Å². The third-order valence-corrected chi connectivity index (χ3v) is 5.13. The third-order valence-electron chi connectivity index (χ3n) is 5.13. The predicted octanol–water partition coefficient (Wildman–Crippen LogP) is 2.76. The highest BCUT2D eigenvalue weighted by molar-refractivity contribution is 14.0. The maximum absolute atomic E-state index is 12.3. The number of carbonyl (C=O) groups is 1. The van der Waals surface area contributed by atoms with Crippen LogP contribution in [0.2, 0.25) is 0 Å². The highest BCUT2D eigenvalue weighted by Gasteiger charge is 2.29. The molecule has 1 atom stereocenters. The lowest BCUT2D eigenvalue weighted by molar-refractivity contribution is -0.127. The lowest BCUT2D eigenvalue weighted by Gasteiger charge is -2.18. The van der Waals surface area contributed by atoms with Gasteiger partial charge in [-0.3, -0.25) is 14.8 Å². The molecule has 7 heteroatoms. The van der Waals surface area contributed by atoms with Crippen molar-refractivity contribution in [3.05, 3.63) is 65.5 Å². The van der Waals surface area contributed by atoms with Crippen LogP contribution in [0.1, 0.15) is 23.2 Å². The van der Waals surface area contributed by atoms with Crippen molar-refractivity contribution >= 4 is 35.8 Å². The Labute approximate surface area is 190 Å². The molecular formula is C22H30IN5O. The van der Waals surface area contributed by atoms with Crippen molar-refractivity contribution in [2.75, 3.05) is 26.7 Å². The van der Waals surface area contributed by atoms with Crippen LogP contribution >= 0.6 is 24.0 Å². The lowest BCUT2D eigenvalue weighted by Crippen LogP contribution is -2.40. The fourth-order valence-electron chi connectivity index (χ4n) is 3.45. The number of nitrogens with one attached hydrogen (secondary N) is 2. The number of guanidine groups is 1. The van der Waals surface area contributed by atoms with E-state index < -0.39 is 0 Å². The number of halogens is 1. The van der Waals surface area contributed by atoms with Gasteiger partial charge in [0, 0.05) is 45.2 Å². The summed E-state index contributed by atoms with van der Waals surface area (Å²) < 4.78 is 0. The molecular weight excluding hydrogens is 477 g/mol. The molecule has 156 valence electrons. The number of rotatable bonds is 7. The molecule has 1 aromatic carbocycles. The predicted molar refractivity (Wildman–Crippen MR) is 127 cm³/mol. The second-order valence-corrected chi connectivity index (χ2v) is 7.22. The highest BCUT2D eigenvalue weighted by atomic mass is 127. The van der Waals surface area contributed by atoms with Crippen LogP contribution in [0.4, 0.5) is 0 Å². The molecule has 1 saturated heterocycles. The Balaban J connectivity index is 0.00000300. The number of aromatic nitrogens is 1. The van der Waals surface area contributed by atoms with E-state index in [0.29, 0.717) is 18.9 Å². The molecule has 0 spiro atoms. The van der Waals surface area contributed by atoms with Crippen LogP contribution in [0.3, 0.4) is 0 Å². The van der Waals surface area contributed by atoms with Gasteiger partial charge in [-0.05, 0) is 30.5 Å². The van der Waals surface area contributed by atoms with E-state index in [2.05, 4.69) is 32.7 Å². The van der Waals surface area contributed by atoms with Crippen molar-refractivity contribution in [1.82, 2.24) is 20.5 Å². The van der Waals surface area contributed by atoms with Gasteiger partial charge < -0.3 is 15.5 Å². The first-order valence-corrected chi connectivity index (χ1v) is 9.82. The number of nitrogens with zero attached hydrogens (tertiary/aromatic N) is 3. The minimum atomic E-state index is 0. The standard InChI is InChI=1S/C22H29N5O.HI/c1-17-7-6-11-24-20(17)15-26-22(23-2)25-14-19-13-21(28)27(16-19)12-10-18-8-4-3-5-9-18;/h3-9,11,19H,10,12-16H2,1-2H3,(H2,23,25,26);1H. The SMILES string of the molecule is CN=C(NCc1ncccc1C)NCC1CC(=O)N(CCc2ccccc2)C1.I. The summed E-state index contributed by atoms with van der Waals surface area (Å²) in [5, 5.41) is 6.65. The number of amides is 1. The quantitative estimate of drug-likeness (QED) is 0.344. The van der Waals surface area contributed by atoms with Crippen molar-refractivity contribution in [2.45, 2.75) is 26.3 Å². The molecule has 1 unspecified atom stereocenters. The van der Waals surface area contributed by atoms with Gasteiger partial charge in [0.1, 0.15) is 0 Å². The number of aliphatic imine (C=N–C) groups is 1. The van der Waals surface area contributed by atoms with Crippen molar-refractivity contribution in [1.29, 1.82) is 0 Å². The van der Waals surface area contributed by atoms with Gasteiger partial charge in [-0.2, -0.15) is 0 Å². The van der Waals surface area contributed by atoms with Crippen LogP contribution in [0, 0.1) is 12.8 Å². The molecule has 1 amide bonds. The molecule has 0 bridgehead atoms. The molecule has 0 radical (unpaired) electrons. The van der Waals surface area contributed by atoms with Gasteiger partial charge in [0.15, 0.2) is 5.96 Å². The molecule has 1 fully saturated rings. The van der Waals surface area contributed by atoms with Crippen molar-refractivity contribution in [3.63, 3.8) is 0 Å². The van der Waals surface area contributed by atoms with Gasteiger partial charge in [0.2, 0.25) is 5.91 Å². The fourth-order valence-corrected chi connectivity index (χ4v) is 3.45. The Morgan fingerprint density at radius 3 is 2.72 bits per heavy atom. The van der Waals surface area contributed by atoms with E-state index in [-0.39, 0.29) is 29.9 Å². The number of aryl methyl sites for hydroxylation is 1. The van der Waals surface area contributed by atoms with E-state index in [9.17, 15) is 4.79 Å². The minimum Gasteiger partial charge on any atom is -0.356 e. The van der Waals surface area contributed by atoms with Crippen LogP contribution in [0.15, 0.2) is 53.7 Å². The number of hydrogen-bond donors (Lipinski definition) is 2. The lowest BCUT2D eigenvalue weighted by atomic mass is 10.1. The summed E-state index contributed by atoms with van der Waals surface area (Å²) in [6.07, 6.45) is 3.30. The van der Waals surface area contributed by atoms with E-state index in [4.69, 9.17) is 0 Å². The second kappa shape index (κ2) is 11.7. The molecule has 1 aliphatic heterocycles. The van der Waals surface area contributed by atoms with Crippen molar-refractivity contribution in [2.24, 2.45) is 10.9 Å². The van der Waals surface area contributed by atoms with Crippen LogP contribution in [-0.2, 0) is 17.8 Å². The van der Waals surface area contributed by atoms with E-state index in [0.717, 1.165) is 43.3 Å². The Bertz CT molecular complexity index is 812. The zero-order valence-electron chi connectivity index (χ0n) is 17.1. The minimum absolute atomic E-state index is 0. The summed E-state index contributed by atoms with van der Waals surface area (Å²) in [6, 6.07) is 14.3. The summed E-state index contributed by atoms with van der Waals surface area (Å²) in [6.45, 7) is 4.99. The largest absolute Gasteiger partial charge is 0.356 e. The summed E-state index contributed by atoms with van der Waals surface area (Å²) in [7, 11) is 1.76. The molecule has 2 N–H and O–H groups in total. The Morgan fingerprint density at radius 2 is 2.00 bits per heavy atom. The Hall–Kier alpha value is -2.16. The third kappa shape index (κ3) is 6.99. The van der Waals surface area contributed by atoms with E-state index in [1.807, 2.05) is 42.2 Å². The summed E-state index contributed by atoms with van der Waals surface area (Å²) in [5.74, 6) is 1.29. The monoisotopic (exact) mass is 507 g/mol. The van der Waals surface area contributed by atoms with E-state index in [1.165, 1.54) is 5.56 Å². The van der Waals surface area contributed by atoms with Gasteiger partial charge in [0.05, 0.1) is 12.2 Å². The molecule has 0 aliphatic carbocycles. The van der Waals surface area contributed by atoms with Gasteiger partial charge in [0.25, 0.3) is 0 Å². The van der Waals surface area contributed by atoms with Crippen LogP contribution in [0.5, 0.6) is 0 Å². The number of carbonyl (C=O) groups excluding carboxylic acids is 1. The summed E-state index contributed by atoms with van der Waals surface area (Å²) in [5.41, 5.74) is 3.43. The Morgan fingerprint density at radius 1 is 1.21 bits per heavy atom. The summed E-state index contributed by atoms with van der Waals surface area (Å²) in [4.78, 5) is 23.0. The smallest absolute Gasteiger partial charge is 0.223 e. The first-order chi connectivity index (χ1) is 13.7. The number of benzene rings is 1. The second-order valence-electron chi connectivity index (χ2n) is 7.22. The molecule has 1 aromatic heterocycles. The number of likely N-dealkylation sites (tertiary alicyclic amines) is 1. The molecule has 0 saturated carbocycles. The zero-order chi connectivity index (χ0) is 19.8. The van der Waals surface area contributed by atoms with Gasteiger partial charge in [-0.15, -0.1) is 24.0 Å². The molecule has 3 rings (SSSR count). The molecule has 2 heterocycles. The molecule has 6 nitrogen and oxygen atoms in total. The number of hydrogen-bond acceptors (Lipinski definition) is 3. The highest BCUT2D eigenvalue weighted by Crippen LogP contribution is 2.17. The zero-order valence-corrected chi connectivity index (χ0v) is 19.4. The summed E-state index contributed by atoms with van der Waals surface area (Å²) >= 11 is 0. The van der Waals surface area contributed by atoms with E-state index in [1.54, 1.807) is 13.2 Å². The first-order valence-electron chi connectivity index (χ1n) is 9.82. The Kier molecular flexibility index (Phi) is 9.37. The van der Waals surface area contributed by atoms with Gasteiger partial charge in [-0.25, -0.2) is 0 Å². The first kappa shape index (κ1) is 23.1. The molecule has 29 heavy (non-hydrogen) atoms. The van der Waals surface area contributed by atoms with Gasteiger partial charge in [-0.1, -0.05) is 36.4 Å². The maximum Gasteiger partial charge on any atom is 0.223 e. The van der Waals surface area contributed by atoms with Crippen molar-refractivity contribution in [3.8, 4) is 0 Å². The van der Waals surface area contributed by atoms with Gasteiger partial charge >= 0.3 is 0 Å². The number of pyridine rings is 1. The van der Waals surface area contributed by atoms with Crippen LogP contribution in [0.25, 0.3) is 0 Å². The average molecular weight is 507 g/mol. The van der Waals surface area contributed by atoms with E-state index >= 15 is 0 Å².